The van der Waals surface area contributed by atoms with Crippen LogP contribution in [0.1, 0.15) is 33.3 Å². The monoisotopic (exact) mass is 283 g/mol. The summed E-state index contributed by atoms with van der Waals surface area (Å²) in [5.74, 6) is 0. The smallest absolute Gasteiger partial charge is 0.304 e. The van der Waals surface area contributed by atoms with Gasteiger partial charge in [-0.05, 0) is 27.7 Å². The standard InChI is InChI=1S/C14H22NO3P/c1-5-17-19(16,18-6-2)14(15-12(3)4)13-10-8-7-9-11-13/h7-12H,5-6H2,1-4H3. The molecule has 0 aliphatic heterocycles. The second-order valence-electron chi connectivity index (χ2n) is 4.25. The minimum atomic E-state index is -3.36. The van der Waals surface area contributed by atoms with Crippen LogP contribution in [0.15, 0.2) is 35.3 Å². The van der Waals surface area contributed by atoms with Crippen molar-refractivity contribution in [3.63, 3.8) is 0 Å². The van der Waals surface area contributed by atoms with E-state index in [9.17, 15) is 4.57 Å². The first-order valence-electron chi connectivity index (χ1n) is 6.56. The zero-order valence-electron chi connectivity index (χ0n) is 12.0. The number of rotatable bonds is 7. The van der Waals surface area contributed by atoms with Gasteiger partial charge in [0.1, 0.15) is 0 Å². The van der Waals surface area contributed by atoms with Crippen molar-refractivity contribution in [3.8, 4) is 0 Å². The molecule has 106 valence electrons. The van der Waals surface area contributed by atoms with Gasteiger partial charge in [-0.1, -0.05) is 30.3 Å². The first-order valence-corrected chi connectivity index (χ1v) is 8.10. The molecule has 4 nitrogen and oxygen atoms in total. The largest absolute Gasteiger partial charge is 0.379 e. The molecule has 0 bridgehead atoms. The van der Waals surface area contributed by atoms with Crippen molar-refractivity contribution in [2.75, 3.05) is 13.2 Å². The summed E-state index contributed by atoms with van der Waals surface area (Å²) in [6.07, 6.45) is 0. The van der Waals surface area contributed by atoms with Crippen LogP contribution in [0.25, 0.3) is 0 Å². The molecule has 0 amide bonds. The molecule has 0 unspecified atom stereocenters. The van der Waals surface area contributed by atoms with Crippen LogP contribution in [0.5, 0.6) is 0 Å². The Balaban J connectivity index is 3.27. The molecule has 0 N–H and O–H groups in total. The molecule has 0 spiro atoms. The molecule has 1 aromatic rings. The molecule has 0 aliphatic rings. The van der Waals surface area contributed by atoms with Gasteiger partial charge in [-0.3, -0.25) is 9.56 Å². The first-order chi connectivity index (χ1) is 9.03. The Kier molecular flexibility index (Phi) is 6.43. The van der Waals surface area contributed by atoms with Crippen LogP contribution in [-0.2, 0) is 13.6 Å². The molecule has 0 aromatic heterocycles. The van der Waals surface area contributed by atoms with Gasteiger partial charge in [-0.15, -0.1) is 0 Å². The average molecular weight is 283 g/mol. The molecule has 0 saturated carbocycles. The highest BCUT2D eigenvalue weighted by Crippen LogP contribution is 2.51. The lowest BCUT2D eigenvalue weighted by Crippen LogP contribution is -2.11. The van der Waals surface area contributed by atoms with E-state index in [4.69, 9.17) is 9.05 Å². The van der Waals surface area contributed by atoms with Crippen molar-refractivity contribution in [1.29, 1.82) is 0 Å². The summed E-state index contributed by atoms with van der Waals surface area (Å²) in [4.78, 5) is 4.46. The summed E-state index contributed by atoms with van der Waals surface area (Å²) < 4.78 is 23.7. The van der Waals surface area contributed by atoms with Crippen LogP contribution in [0, 0.1) is 0 Å². The summed E-state index contributed by atoms with van der Waals surface area (Å²) in [6, 6.07) is 9.42. The van der Waals surface area contributed by atoms with E-state index in [1.807, 2.05) is 44.2 Å². The number of hydrogen-bond donors (Lipinski definition) is 0. The third-order valence-electron chi connectivity index (χ3n) is 2.27. The first kappa shape index (κ1) is 16.1. The molecule has 5 heteroatoms. The molecule has 0 saturated heterocycles. The highest BCUT2D eigenvalue weighted by atomic mass is 31.2. The number of hydrogen-bond acceptors (Lipinski definition) is 4. The van der Waals surface area contributed by atoms with Gasteiger partial charge in [-0.25, -0.2) is 0 Å². The van der Waals surface area contributed by atoms with Crippen LogP contribution < -0.4 is 0 Å². The fourth-order valence-corrected chi connectivity index (χ4v) is 3.47. The average Bonchev–Trinajstić information content (AvgIpc) is 2.37. The third-order valence-corrected chi connectivity index (χ3v) is 4.36. The molecule has 1 rings (SSSR count). The molecule has 0 aliphatic carbocycles. The quantitative estimate of drug-likeness (QED) is 0.559. The van der Waals surface area contributed by atoms with Crippen molar-refractivity contribution in [2.24, 2.45) is 4.99 Å². The third kappa shape index (κ3) is 4.57. The van der Waals surface area contributed by atoms with Gasteiger partial charge in [0, 0.05) is 11.6 Å². The molecular formula is C14H22NO3P. The number of nitrogens with zero attached hydrogens (tertiary/aromatic N) is 1. The van der Waals surface area contributed by atoms with Crippen LogP contribution in [-0.4, -0.2) is 24.7 Å². The van der Waals surface area contributed by atoms with Crippen LogP contribution in [0.4, 0.5) is 0 Å². The second kappa shape index (κ2) is 7.59. The summed E-state index contributed by atoms with van der Waals surface area (Å²) in [7, 11) is -3.36. The topological polar surface area (TPSA) is 47.9 Å². The van der Waals surface area contributed by atoms with Crippen molar-refractivity contribution in [3.05, 3.63) is 35.9 Å². The Labute approximate surface area is 115 Å². The van der Waals surface area contributed by atoms with E-state index in [1.165, 1.54) is 0 Å². The van der Waals surface area contributed by atoms with Gasteiger partial charge in [0.05, 0.1) is 13.2 Å². The van der Waals surface area contributed by atoms with Gasteiger partial charge in [0.25, 0.3) is 0 Å². The number of aliphatic imine (C=N–C) groups is 1. The summed E-state index contributed by atoms with van der Waals surface area (Å²) >= 11 is 0. The number of benzene rings is 1. The maximum Gasteiger partial charge on any atom is 0.379 e. The Morgan fingerprint density at radius 2 is 1.68 bits per heavy atom. The van der Waals surface area contributed by atoms with E-state index >= 15 is 0 Å². The van der Waals surface area contributed by atoms with E-state index in [1.54, 1.807) is 13.8 Å². The van der Waals surface area contributed by atoms with Crippen molar-refractivity contribution >= 4 is 13.0 Å². The molecule has 0 heterocycles. The van der Waals surface area contributed by atoms with E-state index in [-0.39, 0.29) is 6.04 Å². The minimum absolute atomic E-state index is 0.0180. The molecule has 0 radical (unpaired) electrons. The van der Waals surface area contributed by atoms with E-state index < -0.39 is 7.60 Å². The Morgan fingerprint density at radius 3 is 2.11 bits per heavy atom. The van der Waals surface area contributed by atoms with Gasteiger partial charge in [0.2, 0.25) is 0 Å². The fourth-order valence-electron chi connectivity index (χ4n) is 1.63. The highest BCUT2D eigenvalue weighted by molar-refractivity contribution is 7.73. The molecule has 0 fully saturated rings. The lowest BCUT2D eigenvalue weighted by Gasteiger charge is -2.20. The van der Waals surface area contributed by atoms with Crippen LogP contribution >= 0.6 is 7.60 Å². The predicted molar refractivity (Wildman–Crippen MR) is 79.0 cm³/mol. The normalized spacial score (nSPS) is 13.0. The zero-order valence-corrected chi connectivity index (χ0v) is 12.9. The molecule has 1 aromatic carbocycles. The maximum atomic E-state index is 12.9. The van der Waals surface area contributed by atoms with Gasteiger partial charge < -0.3 is 9.05 Å². The Morgan fingerprint density at radius 1 is 1.16 bits per heavy atom. The zero-order chi connectivity index (χ0) is 14.3. The Bertz CT molecular complexity index is 447. The lowest BCUT2D eigenvalue weighted by atomic mass is 10.2. The summed E-state index contributed by atoms with van der Waals surface area (Å²) in [6.45, 7) is 8.10. The Hall–Kier alpha value is -0.960. The van der Waals surface area contributed by atoms with E-state index in [0.717, 1.165) is 5.56 Å². The molecule has 19 heavy (non-hydrogen) atoms. The SMILES string of the molecule is CCOP(=O)(OCC)C(=NC(C)C)c1ccccc1. The maximum absolute atomic E-state index is 12.9. The molecule has 0 atom stereocenters. The van der Waals surface area contributed by atoms with Crippen molar-refractivity contribution in [1.82, 2.24) is 0 Å². The van der Waals surface area contributed by atoms with E-state index in [2.05, 4.69) is 4.99 Å². The summed E-state index contributed by atoms with van der Waals surface area (Å²) in [5.41, 5.74) is 1.19. The fraction of sp³-hybridized carbons (Fsp3) is 0.500. The van der Waals surface area contributed by atoms with Gasteiger partial charge in [-0.2, -0.15) is 0 Å². The minimum Gasteiger partial charge on any atom is -0.304 e. The summed E-state index contributed by atoms with van der Waals surface area (Å²) in [5, 5.41) is 0. The van der Waals surface area contributed by atoms with Crippen molar-refractivity contribution < 1.29 is 13.6 Å². The van der Waals surface area contributed by atoms with Gasteiger partial charge in [0.15, 0.2) is 5.45 Å². The van der Waals surface area contributed by atoms with Crippen molar-refractivity contribution in [2.45, 2.75) is 33.7 Å². The lowest BCUT2D eigenvalue weighted by molar-refractivity contribution is 0.232. The molecular weight excluding hydrogens is 261 g/mol. The van der Waals surface area contributed by atoms with Crippen LogP contribution in [0.2, 0.25) is 0 Å². The predicted octanol–water partition coefficient (Wildman–Crippen LogP) is 4.11. The second-order valence-corrected chi connectivity index (χ2v) is 6.18. The van der Waals surface area contributed by atoms with Crippen LogP contribution in [0.3, 0.4) is 0 Å². The van der Waals surface area contributed by atoms with E-state index in [0.29, 0.717) is 18.7 Å². The van der Waals surface area contributed by atoms with Gasteiger partial charge >= 0.3 is 7.60 Å². The highest BCUT2D eigenvalue weighted by Gasteiger charge is 2.32.